The molecule has 4 unspecified atom stereocenters. The lowest BCUT2D eigenvalue weighted by molar-refractivity contribution is -0.0416. The largest absolute Gasteiger partial charge is 0.494 e. The average Bonchev–Trinajstić information content (AvgIpc) is 3.06. The van der Waals surface area contributed by atoms with Crippen molar-refractivity contribution in [2.45, 2.75) is 37.8 Å². The molecule has 1 aliphatic heterocycles. The third-order valence-electron chi connectivity index (χ3n) is 7.87. The van der Waals surface area contributed by atoms with Gasteiger partial charge in [0.25, 0.3) is 0 Å². The van der Waals surface area contributed by atoms with Crippen LogP contribution in [0, 0.1) is 5.92 Å². The van der Waals surface area contributed by atoms with Crippen molar-refractivity contribution >= 4 is 10.8 Å². The standard InChI is InChI=1S/C36H43NO6/c38-22-33(39)26-41-25-32-20-37-21-35(43-24-28-11-12-29-9-4-5-10-31(29)19-28)36(32)30-13-15-34(16-14-30)42-18-6-17-40-23-27-7-2-1-3-8-27/h1-5,7-16,19,32-33,35-39H,6,17-18,20-26H2. The van der Waals surface area contributed by atoms with Gasteiger partial charge in [0.2, 0.25) is 0 Å². The zero-order valence-electron chi connectivity index (χ0n) is 24.6. The molecule has 0 saturated carbocycles. The summed E-state index contributed by atoms with van der Waals surface area (Å²) in [7, 11) is 0. The molecule has 1 heterocycles. The Kier molecular flexibility index (Phi) is 12.0. The SMILES string of the molecule is OCC(O)COCC1CNCC(OCc2ccc3ccccc3c2)C1c1ccc(OCCCOCc2ccccc2)cc1. The number of nitrogens with one attached hydrogen (secondary N) is 1. The summed E-state index contributed by atoms with van der Waals surface area (Å²) >= 11 is 0. The number of hydrogen-bond acceptors (Lipinski definition) is 7. The van der Waals surface area contributed by atoms with Crippen molar-refractivity contribution in [3.63, 3.8) is 0 Å². The van der Waals surface area contributed by atoms with Crippen LogP contribution in [0.5, 0.6) is 5.75 Å². The molecule has 1 saturated heterocycles. The Hall–Kier alpha value is -3.30. The lowest BCUT2D eigenvalue weighted by Crippen LogP contribution is -2.48. The number of hydrogen-bond donors (Lipinski definition) is 3. The highest BCUT2D eigenvalue weighted by Gasteiger charge is 2.35. The molecule has 5 rings (SSSR count). The zero-order chi connectivity index (χ0) is 29.7. The predicted molar refractivity (Wildman–Crippen MR) is 168 cm³/mol. The van der Waals surface area contributed by atoms with E-state index in [0.717, 1.165) is 30.8 Å². The van der Waals surface area contributed by atoms with Gasteiger partial charge >= 0.3 is 0 Å². The fraction of sp³-hybridized carbons (Fsp3) is 0.389. The van der Waals surface area contributed by atoms with E-state index in [0.29, 0.717) is 33.0 Å². The van der Waals surface area contributed by atoms with Crippen LogP contribution in [0.1, 0.15) is 29.0 Å². The molecule has 0 aliphatic carbocycles. The van der Waals surface area contributed by atoms with Crippen LogP contribution in [0.25, 0.3) is 10.8 Å². The molecule has 4 aromatic carbocycles. The molecule has 0 amide bonds. The first-order valence-electron chi connectivity index (χ1n) is 15.2. The summed E-state index contributed by atoms with van der Waals surface area (Å²) < 4.78 is 24.2. The minimum Gasteiger partial charge on any atom is -0.494 e. The van der Waals surface area contributed by atoms with Gasteiger partial charge in [-0.05, 0) is 45.7 Å². The predicted octanol–water partition coefficient (Wildman–Crippen LogP) is 5.08. The normalized spacial score (nSPS) is 19.3. The molecule has 4 aromatic rings. The van der Waals surface area contributed by atoms with Crippen molar-refractivity contribution in [3.05, 3.63) is 114 Å². The first-order chi connectivity index (χ1) is 21.2. The Bertz CT molecular complexity index is 1370. The molecule has 1 aliphatic rings. The van der Waals surface area contributed by atoms with Crippen molar-refractivity contribution in [3.8, 4) is 5.75 Å². The highest BCUT2D eigenvalue weighted by molar-refractivity contribution is 5.82. The van der Waals surface area contributed by atoms with E-state index < -0.39 is 6.10 Å². The number of ether oxygens (including phenoxy) is 4. The summed E-state index contributed by atoms with van der Waals surface area (Å²) in [5.74, 6) is 1.05. The number of rotatable bonds is 16. The number of benzene rings is 4. The maximum atomic E-state index is 9.77. The summed E-state index contributed by atoms with van der Waals surface area (Å²) in [4.78, 5) is 0. The second kappa shape index (κ2) is 16.5. The van der Waals surface area contributed by atoms with Gasteiger partial charge in [-0.3, -0.25) is 0 Å². The summed E-state index contributed by atoms with van der Waals surface area (Å²) in [5, 5.41) is 24.9. The van der Waals surface area contributed by atoms with Gasteiger partial charge in [-0.1, -0.05) is 78.9 Å². The van der Waals surface area contributed by atoms with Crippen LogP contribution in [0.15, 0.2) is 97.1 Å². The Morgan fingerprint density at radius 2 is 1.56 bits per heavy atom. The molecule has 1 fully saturated rings. The number of aliphatic hydroxyl groups excluding tert-OH is 2. The molecule has 0 aromatic heterocycles. The van der Waals surface area contributed by atoms with Crippen molar-refractivity contribution in [1.82, 2.24) is 5.32 Å². The fourth-order valence-corrected chi connectivity index (χ4v) is 5.62. The van der Waals surface area contributed by atoms with Gasteiger partial charge in [-0.2, -0.15) is 0 Å². The van der Waals surface area contributed by atoms with E-state index in [-0.39, 0.29) is 31.2 Å². The highest BCUT2D eigenvalue weighted by atomic mass is 16.5. The number of piperidine rings is 1. The third-order valence-corrected chi connectivity index (χ3v) is 7.87. The average molecular weight is 586 g/mol. The maximum absolute atomic E-state index is 9.77. The van der Waals surface area contributed by atoms with Crippen molar-refractivity contribution in [1.29, 1.82) is 0 Å². The van der Waals surface area contributed by atoms with Gasteiger partial charge in [0.05, 0.1) is 52.4 Å². The first-order valence-corrected chi connectivity index (χ1v) is 15.2. The Morgan fingerprint density at radius 3 is 2.37 bits per heavy atom. The molecule has 0 radical (unpaired) electrons. The molecule has 3 N–H and O–H groups in total. The molecular formula is C36H43NO6. The molecular weight excluding hydrogens is 542 g/mol. The minimum absolute atomic E-state index is 0.0647. The Balaban J connectivity index is 1.19. The molecule has 43 heavy (non-hydrogen) atoms. The van der Waals surface area contributed by atoms with E-state index >= 15 is 0 Å². The van der Waals surface area contributed by atoms with E-state index in [1.54, 1.807) is 0 Å². The van der Waals surface area contributed by atoms with Gasteiger partial charge in [0, 0.05) is 31.3 Å². The lowest BCUT2D eigenvalue weighted by atomic mass is 9.79. The van der Waals surface area contributed by atoms with Crippen molar-refractivity contribution in [2.75, 3.05) is 46.1 Å². The molecule has 0 bridgehead atoms. The first kappa shape index (κ1) is 31.1. The van der Waals surface area contributed by atoms with Gasteiger partial charge in [0.15, 0.2) is 0 Å². The summed E-state index contributed by atoms with van der Waals surface area (Å²) in [6, 6.07) is 33.3. The molecule has 7 heteroatoms. The van der Waals surface area contributed by atoms with E-state index in [2.05, 4.69) is 72.0 Å². The summed E-state index contributed by atoms with van der Waals surface area (Å²) in [6.07, 6.45) is -0.132. The van der Waals surface area contributed by atoms with E-state index in [4.69, 9.17) is 18.9 Å². The van der Waals surface area contributed by atoms with Crippen LogP contribution >= 0.6 is 0 Å². The van der Waals surface area contributed by atoms with Gasteiger partial charge in [-0.15, -0.1) is 0 Å². The lowest BCUT2D eigenvalue weighted by Gasteiger charge is -2.39. The van der Waals surface area contributed by atoms with Crippen LogP contribution in [-0.2, 0) is 27.4 Å². The topological polar surface area (TPSA) is 89.4 Å². The smallest absolute Gasteiger partial charge is 0.119 e. The Morgan fingerprint density at radius 1 is 0.767 bits per heavy atom. The molecule has 228 valence electrons. The van der Waals surface area contributed by atoms with E-state index in [1.807, 2.05) is 30.3 Å². The quantitative estimate of drug-likeness (QED) is 0.158. The van der Waals surface area contributed by atoms with Crippen LogP contribution in [0.4, 0.5) is 0 Å². The van der Waals surface area contributed by atoms with Crippen LogP contribution < -0.4 is 10.1 Å². The van der Waals surface area contributed by atoms with Gasteiger partial charge in [0.1, 0.15) is 11.9 Å². The number of fused-ring (bicyclic) bond motifs is 1. The van der Waals surface area contributed by atoms with E-state index in [1.165, 1.54) is 21.9 Å². The summed E-state index contributed by atoms with van der Waals surface area (Å²) in [5.41, 5.74) is 3.47. The minimum atomic E-state index is -0.880. The van der Waals surface area contributed by atoms with Crippen molar-refractivity contribution in [2.24, 2.45) is 5.92 Å². The fourth-order valence-electron chi connectivity index (χ4n) is 5.62. The maximum Gasteiger partial charge on any atom is 0.119 e. The van der Waals surface area contributed by atoms with Crippen LogP contribution in [0.3, 0.4) is 0 Å². The monoisotopic (exact) mass is 585 g/mol. The highest BCUT2D eigenvalue weighted by Crippen LogP contribution is 2.34. The summed E-state index contributed by atoms with van der Waals surface area (Å²) in [6.45, 7) is 4.10. The second-order valence-electron chi connectivity index (χ2n) is 11.2. The van der Waals surface area contributed by atoms with Gasteiger partial charge < -0.3 is 34.5 Å². The van der Waals surface area contributed by atoms with Gasteiger partial charge in [-0.25, -0.2) is 0 Å². The Labute approximate surface area is 254 Å². The van der Waals surface area contributed by atoms with Crippen molar-refractivity contribution < 1.29 is 29.2 Å². The zero-order valence-corrected chi connectivity index (χ0v) is 24.6. The molecule has 0 spiro atoms. The second-order valence-corrected chi connectivity index (χ2v) is 11.2. The van der Waals surface area contributed by atoms with Crippen LogP contribution in [-0.4, -0.2) is 68.5 Å². The van der Waals surface area contributed by atoms with Crippen LogP contribution in [0.2, 0.25) is 0 Å². The number of aliphatic hydroxyl groups is 2. The third kappa shape index (κ3) is 9.34. The van der Waals surface area contributed by atoms with E-state index in [9.17, 15) is 10.2 Å². The molecule has 7 nitrogen and oxygen atoms in total. The molecule has 4 atom stereocenters.